The van der Waals surface area contributed by atoms with Gasteiger partial charge in [-0.15, -0.1) is 0 Å². The molecule has 2 aromatic rings. The van der Waals surface area contributed by atoms with E-state index in [9.17, 15) is 13.6 Å². The summed E-state index contributed by atoms with van der Waals surface area (Å²) in [4.78, 5) is 12.3. The van der Waals surface area contributed by atoms with Crippen LogP contribution < -0.4 is 5.32 Å². The maximum atomic E-state index is 13.9. The maximum Gasteiger partial charge on any atom is 0.196 e. The Morgan fingerprint density at radius 1 is 1.15 bits per heavy atom. The van der Waals surface area contributed by atoms with E-state index in [-0.39, 0.29) is 11.1 Å². The zero-order valence-electron chi connectivity index (χ0n) is 11.0. The first-order chi connectivity index (χ1) is 9.58. The number of carbonyl (C=O) groups is 1. The van der Waals surface area contributed by atoms with Gasteiger partial charge in [0.1, 0.15) is 0 Å². The number of ketones is 1. The first-order valence-electron chi connectivity index (χ1n) is 6.44. The van der Waals surface area contributed by atoms with E-state index in [4.69, 9.17) is 0 Å². The number of hydrogen-bond donors (Lipinski definition) is 1. The molecule has 0 bridgehead atoms. The third-order valence-electron chi connectivity index (χ3n) is 3.60. The third kappa shape index (κ3) is 1.97. The Hall–Kier alpha value is -2.23. The van der Waals surface area contributed by atoms with Crippen LogP contribution in [0.3, 0.4) is 0 Å². The molecule has 0 aliphatic carbocycles. The average Bonchev–Trinajstić information content (AvgIpc) is 2.91. The number of fused-ring (bicyclic) bond motifs is 1. The first-order valence-corrected chi connectivity index (χ1v) is 6.44. The highest BCUT2D eigenvalue weighted by atomic mass is 19.2. The molecule has 0 unspecified atom stereocenters. The number of halogens is 2. The van der Waals surface area contributed by atoms with Crippen molar-refractivity contribution in [2.45, 2.75) is 13.3 Å². The van der Waals surface area contributed by atoms with Crippen LogP contribution >= 0.6 is 0 Å². The van der Waals surface area contributed by atoms with Gasteiger partial charge in [0.2, 0.25) is 0 Å². The second kappa shape index (κ2) is 4.71. The fourth-order valence-corrected chi connectivity index (χ4v) is 2.42. The molecule has 20 heavy (non-hydrogen) atoms. The minimum atomic E-state index is -1.08. The Labute approximate surface area is 115 Å². The van der Waals surface area contributed by atoms with Gasteiger partial charge >= 0.3 is 0 Å². The van der Waals surface area contributed by atoms with Crippen molar-refractivity contribution in [3.8, 4) is 0 Å². The van der Waals surface area contributed by atoms with Crippen LogP contribution in [0.25, 0.3) is 0 Å². The number of carbonyl (C=O) groups excluding carboxylic acids is 1. The van der Waals surface area contributed by atoms with E-state index in [0.29, 0.717) is 5.56 Å². The van der Waals surface area contributed by atoms with E-state index in [1.54, 1.807) is 18.2 Å². The van der Waals surface area contributed by atoms with Gasteiger partial charge in [-0.25, -0.2) is 8.78 Å². The Morgan fingerprint density at radius 2 is 1.95 bits per heavy atom. The van der Waals surface area contributed by atoms with E-state index in [1.165, 1.54) is 19.1 Å². The van der Waals surface area contributed by atoms with E-state index >= 15 is 0 Å². The van der Waals surface area contributed by atoms with Gasteiger partial charge < -0.3 is 5.32 Å². The summed E-state index contributed by atoms with van der Waals surface area (Å²) in [7, 11) is 0. The molecule has 0 saturated carbocycles. The van der Waals surface area contributed by atoms with E-state index in [1.807, 2.05) is 0 Å². The lowest BCUT2D eigenvalue weighted by Crippen LogP contribution is -2.07. The number of nitrogens with one attached hydrogen (secondary N) is 1. The Bertz CT molecular complexity index is 710. The second-order valence-electron chi connectivity index (χ2n) is 4.94. The van der Waals surface area contributed by atoms with Gasteiger partial charge in [0, 0.05) is 17.8 Å². The third-order valence-corrected chi connectivity index (χ3v) is 3.60. The largest absolute Gasteiger partial charge is 0.384 e. The highest BCUT2D eigenvalue weighted by Gasteiger charge is 2.20. The number of rotatable bonds is 2. The van der Waals surface area contributed by atoms with Crippen molar-refractivity contribution in [2.24, 2.45) is 0 Å². The summed E-state index contributed by atoms with van der Waals surface area (Å²) in [5.41, 5.74) is 2.38. The van der Waals surface area contributed by atoms with Gasteiger partial charge in [-0.3, -0.25) is 4.79 Å². The monoisotopic (exact) mass is 273 g/mol. The van der Waals surface area contributed by atoms with Crippen molar-refractivity contribution in [2.75, 3.05) is 11.9 Å². The fraction of sp³-hybridized carbons (Fsp3) is 0.188. The van der Waals surface area contributed by atoms with Crippen LogP contribution in [-0.2, 0) is 6.42 Å². The second-order valence-corrected chi connectivity index (χ2v) is 4.94. The van der Waals surface area contributed by atoms with Crippen LogP contribution in [0.2, 0.25) is 0 Å². The van der Waals surface area contributed by atoms with Crippen LogP contribution in [0.15, 0.2) is 30.3 Å². The zero-order chi connectivity index (χ0) is 14.3. The van der Waals surface area contributed by atoms with Crippen LogP contribution in [0.5, 0.6) is 0 Å². The lowest BCUT2D eigenvalue weighted by Gasteiger charge is -2.07. The summed E-state index contributed by atoms with van der Waals surface area (Å²) in [5.74, 6) is -2.52. The topological polar surface area (TPSA) is 29.1 Å². The summed E-state index contributed by atoms with van der Waals surface area (Å²) in [6, 6.07) is 7.94. The summed E-state index contributed by atoms with van der Waals surface area (Å²) in [6.45, 7) is 2.30. The summed E-state index contributed by atoms with van der Waals surface area (Å²) in [6.07, 6.45) is 0.835. The highest BCUT2D eigenvalue weighted by Crippen LogP contribution is 2.25. The van der Waals surface area contributed by atoms with Gasteiger partial charge in [-0.2, -0.15) is 0 Å². The van der Waals surface area contributed by atoms with Crippen LogP contribution in [-0.4, -0.2) is 12.3 Å². The van der Waals surface area contributed by atoms with Crippen molar-refractivity contribution in [3.05, 3.63) is 64.2 Å². The molecule has 0 aromatic heterocycles. The van der Waals surface area contributed by atoms with Crippen LogP contribution in [0.4, 0.5) is 14.5 Å². The van der Waals surface area contributed by atoms with Crippen molar-refractivity contribution in [3.63, 3.8) is 0 Å². The Morgan fingerprint density at radius 3 is 2.75 bits per heavy atom. The van der Waals surface area contributed by atoms with Crippen molar-refractivity contribution in [1.82, 2.24) is 0 Å². The van der Waals surface area contributed by atoms with E-state index in [2.05, 4.69) is 5.32 Å². The minimum Gasteiger partial charge on any atom is -0.384 e. The summed E-state index contributed by atoms with van der Waals surface area (Å²) >= 11 is 0. The Kier molecular flexibility index (Phi) is 3.01. The molecule has 1 aliphatic rings. The molecular formula is C16H13F2NO. The van der Waals surface area contributed by atoms with Gasteiger partial charge in [0.05, 0.1) is 5.56 Å². The SMILES string of the molecule is Cc1ccc(C(=O)c2ccc3c(c2)CCN3)c(F)c1F. The molecule has 0 amide bonds. The molecule has 0 spiro atoms. The van der Waals surface area contributed by atoms with Crippen molar-refractivity contribution in [1.29, 1.82) is 0 Å². The molecule has 4 heteroatoms. The smallest absolute Gasteiger partial charge is 0.196 e. The lowest BCUT2D eigenvalue weighted by atomic mass is 9.99. The van der Waals surface area contributed by atoms with E-state index < -0.39 is 17.4 Å². The lowest BCUT2D eigenvalue weighted by molar-refractivity contribution is 0.103. The van der Waals surface area contributed by atoms with Crippen molar-refractivity contribution >= 4 is 11.5 Å². The molecule has 0 fully saturated rings. The summed E-state index contributed by atoms with van der Waals surface area (Å²) in [5, 5.41) is 3.19. The minimum absolute atomic E-state index is 0.192. The maximum absolute atomic E-state index is 13.9. The van der Waals surface area contributed by atoms with Gasteiger partial charge in [0.15, 0.2) is 17.4 Å². The predicted octanol–water partition coefficient (Wildman–Crippen LogP) is 3.47. The Balaban J connectivity index is 2.03. The predicted molar refractivity (Wildman–Crippen MR) is 73.2 cm³/mol. The van der Waals surface area contributed by atoms with Crippen LogP contribution in [0, 0.1) is 18.6 Å². The standard InChI is InChI=1S/C16H13F2NO/c1-9-2-4-12(15(18)14(9)17)16(20)11-3-5-13-10(8-11)6-7-19-13/h2-5,8,19H,6-7H2,1H3. The normalized spacial score (nSPS) is 12.9. The first kappa shape index (κ1) is 12.8. The van der Waals surface area contributed by atoms with Gasteiger partial charge in [0.25, 0.3) is 0 Å². The van der Waals surface area contributed by atoms with Crippen LogP contribution in [0.1, 0.15) is 27.0 Å². The zero-order valence-corrected chi connectivity index (χ0v) is 11.0. The molecule has 1 aliphatic heterocycles. The molecule has 0 atom stereocenters. The molecule has 0 saturated heterocycles. The fourth-order valence-electron chi connectivity index (χ4n) is 2.42. The molecule has 2 nitrogen and oxygen atoms in total. The molecule has 3 rings (SSSR count). The summed E-state index contributed by atoms with van der Waals surface area (Å²) < 4.78 is 27.4. The number of benzene rings is 2. The molecular weight excluding hydrogens is 260 g/mol. The van der Waals surface area contributed by atoms with Gasteiger partial charge in [-0.05, 0) is 48.7 Å². The van der Waals surface area contributed by atoms with E-state index in [0.717, 1.165) is 24.2 Å². The quantitative estimate of drug-likeness (QED) is 0.849. The molecule has 0 radical (unpaired) electrons. The number of anilines is 1. The highest BCUT2D eigenvalue weighted by molar-refractivity contribution is 6.09. The molecule has 1 heterocycles. The molecule has 1 N–H and O–H groups in total. The molecule has 2 aromatic carbocycles. The van der Waals surface area contributed by atoms with Gasteiger partial charge in [-0.1, -0.05) is 6.07 Å². The number of hydrogen-bond acceptors (Lipinski definition) is 2. The number of aryl methyl sites for hydroxylation is 1. The molecule has 102 valence electrons. The van der Waals surface area contributed by atoms with Crippen molar-refractivity contribution < 1.29 is 13.6 Å². The average molecular weight is 273 g/mol.